The van der Waals surface area contributed by atoms with E-state index in [9.17, 15) is 39.5 Å². The number of halogens is 11. The molecule has 53 heavy (non-hydrogen) atoms. The summed E-state index contributed by atoms with van der Waals surface area (Å²) in [5.41, 5.74) is -3.31. The molecular formula is C40H43Cl2F9SiZr. The Hall–Kier alpha value is -2.07. The summed E-state index contributed by atoms with van der Waals surface area (Å²) in [6.45, 7) is 15.3. The van der Waals surface area contributed by atoms with E-state index >= 15 is 0 Å². The minimum atomic E-state index is -6.63. The summed E-state index contributed by atoms with van der Waals surface area (Å²) in [7, 11) is 11.0. The first-order valence-corrected chi connectivity index (χ1v) is 25.2. The van der Waals surface area contributed by atoms with Crippen molar-refractivity contribution < 1.29 is 60.4 Å². The molecule has 5 aromatic rings. The van der Waals surface area contributed by atoms with Gasteiger partial charge in [0.15, 0.2) is 0 Å². The van der Waals surface area contributed by atoms with Crippen LogP contribution in [0.4, 0.5) is 39.5 Å². The zero-order chi connectivity index (χ0) is 40.4. The topological polar surface area (TPSA) is 0 Å². The van der Waals surface area contributed by atoms with E-state index in [0.717, 1.165) is 32.6 Å². The molecule has 0 bridgehead atoms. The molecule has 0 saturated carbocycles. The quantitative estimate of drug-likeness (QED) is 0.0868. The van der Waals surface area contributed by atoms with Crippen LogP contribution in [0.25, 0.3) is 32.7 Å². The third-order valence-corrected chi connectivity index (χ3v) is 9.04. The van der Waals surface area contributed by atoms with Gasteiger partial charge in [0.25, 0.3) is 5.41 Å². The zero-order valence-electron chi connectivity index (χ0n) is 30.5. The normalized spacial score (nSPS) is 13.2. The van der Waals surface area contributed by atoms with Crippen molar-refractivity contribution in [2.45, 2.75) is 103 Å². The summed E-state index contributed by atoms with van der Waals surface area (Å²) < 4.78 is 119. The summed E-state index contributed by atoms with van der Waals surface area (Å²) in [5, 5.41) is 4.38. The molecule has 0 aliphatic rings. The van der Waals surface area contributed by atoms with Crippen LogP contribution < -0.4 is 0 Å². The first-order valence-electron chi connectivity index (χ1n) is 16.9. The maximum absolute atomic E-state index is 13.2. The Morgan fingerprint density at radius 1 is 0.698 bits per heavy atom. The molecule has 5 rings (SSSR count). The minimum absolute atomic E-state index is 0.199. The van der Waals surface area contributed by atoms with E-state index in [1.54, 1.807) is 31.2 Å². The van der Waals surface area contributed by atoms with Gasteiger partial charge in [-0.25, -0.2) is 0 Å². The van der Waals surface area contributed by atoms with Crippen LogP contribution in [-0.2, 0) is 26.3 Å². The summed E-state index contributed by atoms with van der Waals surface area (Å²) in [5.74, 6) is 1.35. The zero-order valence-corrected chi connectivity index (χ0v) is 35.5. The second-order valence-corrected chi connectivity index (χ2v) is 17.6. The Balaban J connectivity index is 0.000000345. The van der Waals surface area contributed by atoms with Crippen molar-refractivity contribution in [3.63, 3.8) is 0 Å². The van der Waals surface area contributed by atoms with Crippen molar-refractivity contribution >= 4 is 48.1 Å². The van der Waals surface area contributed by atoms with E-state index < -0.39 is 50.4 Å². The van der Waals surface area contributed by atoms with E-state index in [4.69, 9.17) is 17.0 Å². The van der Waals surface area contributed by atoms with E-state index in [1.807, 2.05) is 6.07 Å². The molecule has 0 spiro atoms. The number of alkyl halides is 9. The fourth-order valence-corrected chi connectivity index (χ4v) is 6.33. The molecule has 0 aliphatic carbocycles. The van der Waals surface area contributed by atoms with Crippen LogP contribution in [-0.4, -0.2) is 28.0 Å². The summed E-state index contributed by atoms with van der Waals surface area (Å²) in [6.07, 6.45) is -16.1. The molecule has 2 radical (unpaired) electrons. The van der Waals surface area contributed by atoms with Gasteiger partial charge in [-0.05, 0) is 29.4 Å². The van der Waals surface area contributed by atoms with Gasteiger partial charge in [-0.3, -0.25) is 0 Å². The van der Waals surface area contributed by atoms with E-state index in [-0.39, 0.29) is 17.7 Å². The molecule has 13 heteroatoms. The SMILES string of the molecule is CCCC(C)c1cc2c(C(C)CC)cccc2[cH-]1.C[Si]C.Cc1cc2c(-c3ccc(C(C(F)(F)F)(C(F)(F)F)C(F)(F)F)cc3)cccc2[cH-]1.[Cl][Zr+2][Cl]. The number of fused-ring (bicyclic) bond motifs is 2. The summed E-state index contributed by atoms with van der Waals surface area (Å²) in [4.78, 5) is 0. The molecule has 288 valence electrons. The van der Waals surface area contributed by atoms with E-state index in [2.05, 4.69) is 71.1 Å². The van der Waals surface area contributed by atoms with Gasteiger partial charge in [-0.1, -0.05) is 108 Å². The van der Waals surface area contributed by atoms with E-state index in [1.165, 1.54) is 41.2 Å². The number of aryl methyl sites for hydroxylation is 1. The van der Waals surface area contributed by atoms with Crippen molar-refractivity contribution in [3.05, 3.63) is 107 Å². The molecule has 0 N–H and O–H groups in total. The third kappa shape index (κ3) is 11.0. The average Bonchev–Trinajstić information content (AvgIpc) is 3.67. The Morgan fingerprint density at radius 3 is 1.66 bits per heavy atom. The van der Waals surface area contributed by atoms with Gasteiger partial charge in [-0.2, -0.15) is 51.6 Å². The number of hydrogen-bond acceptors (Lipinski definition) is 0. The van der Waals surface area contributed by atoms with Crippen molar-refractivity contribution in [1.82, 2.24) is 0 Å². The van der Waals surface area contributed by atoms with Crippen molar-refractivity contribution in [2.24, 2.45) is 0 Å². The van der Waals surface area contributed by atoms with Gasteiger partial charge in [0.2, 0.25) is 0 Å². The molecule has 0 saturated heterocycles. The first kappa shape index (κ1) is 47.1. The van der Waals surface area contributed by atoms with Crippen LogP contribution in [0.5, 0.6) is 0 Å². The predicted octanol–water partition coefficient (Wildman–Crippen LogP) is 15.6. The standard InChI is InChI=1S/C20H12F9.C18H25.C2H6Si.2ClH.Zr/c1-11-9-13-3-2-4-15(16(13)10-11)12-5-7-14(8-6-12)17(18(21,22)23,19(24,25)26)20(27,28)29;1-5-8-14(4)16-11-15-9-7-10-17(13(3)6-2)18(15)12-16;1-3-2;;;/h2-10H,1H3;7,9-14H,5-6,8H2,1-4H3;1-2H3;2*1H;/q2*-1;;;;+4/p-2. The summed E-state index contributed by atoms with van der Waals surface area (Å²) >= 11 is -0.826. The molecular weight excluding hydrogens is 842 g/mol. The van der Waals surface area contributed by atoms with Gasteiger partial charge in [0, 0.05) is 9.52 Å². The average molecular weight is 885 g/mol. The van der Waals surface area contributed by atoms with Gasteiger partial charge in [-0.15, -0.1) is 69.1 Å². The van der Waals surface area contributed by atoms with Crippen LogP contribution >= 0.6 is 17.0 Å². The van der Waals surface area contributed by atoms with E-state index in [0.29, 0.717) is 22.8 Å². The second-order valence-electron chi connectivity index (χ2n) is 12.9. The fraction of sp³-hybridized carbons (Fsp3) is 0.400. The Bertz CT molecular complexity index is 1800. The Kier molecular flexibility index (Phi) is 17.9. The number of hydrogen-bond donors (Lipinski definition) is 0. The number of benzene rings is 3. The van der Waals surface area contributed by atoms with Crippen LogP contribution in [0.2, 0.25) is 13.1 Å². The van der Waals surface area contributed by atoms with Crippen molar-refractivity contribution in [2.75, 3.05) is 0 Å². The maximum atomic E-state index is 13.2. The Morgan fingerprint density at radius 2 is 1.19 bits per heavy atom. The third-order valence-electron chi connectivity index (χ3n) is 9.04. The molecule has 0 fully saturated rings. The van der Waals surface area contributed by atoms with Gasteiger partial charge in [0.05, 0.1) is 0 Å². The van der Waals surface area contributed by atoms with Gasteiger partial charge >= 0.3 is 56.4 Å². The molecule has 0 aromatic heterocycles. The molecule has 0 nitrogen and oxygen atoms in total. The van der Waals surface area contributed by atoms with Crippen molar-refractivity contribution in [3.8, 4) is 11.1 Å². The monoisotopic (exact) mass is 882 g/mol. The van der Waals surface area contributed by atoms with Crippen LogP contribution in [0.3, 0.4) is 0 Å². The van der Waals surface area contributed by atoms with Gasteiger partial charge < -0.3 is 0 Å². The Labute approximate surface area is 327 Å². The molecule has 0 aliphatic heterocycles. The molecule has 2 atom stereocenters. The molecule has 5 aromatic carbocycles. The fourth-order valence-electron chi connectivity index (χ4n) is 6.33. The number of rotatable bonds is 7. The predicted molar refractivity (Wildman–Crippen MR) is 200 cm³/mol. The molecule has 0 amide bonds. The van der Waals surface area contributed by atoms with Crippen LogP contribution in [0.1, 0.15) is 81.0 Å². The van der Waals surface area contributed by atoms with Crippen molar-refractivity contribution in [1.29, 1.82) is 0 Å². The van der Waals surface area contributed by atoms with Gasteiger partial charge in [0.1, 0.15) is 0 Å². The first-order chi connectivity index (χ1) is 24.7. The molecule has 0 heterocycles. The second kappa shape index (κ2) is 20.2. The molecule has 2 unspecified atom stereocenters. The van der Waals surface area contributed by atoms with Crippen LogP contribution in [0, 0.1) is 6.92 Å². The summed E-state index contributed by atoms with van der Waals surface area (Å²) in [6, 6.07) is 22.3. The van der Waals surface area contributed by atoms with Crippen LogP contribution in [0.15, 0.2) is 84.9 Å².